The summed E-state index contributed by atoms with van der Waals surface area (Å²) in [6.07, 6.45) is 1.88. The molecule has 0 aliphatic carbocycles. The van der Waals surface area contributed by atoms with Gasteiger partial charge < -0.3 is 5.32 Å². The molecule has 0 radical (unpaired) electrons. The van der Waals surface area contributed by atoms with Gasteiger partial charge in [0, 0.05) is 6.04 Å². The third-order valence-corrected chi connectivity index (χ3v) is 4.51. The molecule has 1 fully saturated rings. The van der Waals surface area contributed by atoms with Crippen LogP contribution in [0.25, 0.3) is 0 Å². The molecule has 1 aliphatic rings. The number of hydrogen-bond donors (Lipinski definition) is 1. The lowest BCUT2D eigenvalue weighted by Gasteiger charge is -2.27. The zero-order valence-corrected chi connectivity index (χ0v) is 8.52. The van der Waals surface area contributed by atoms with Gasteiger partial charge in [0.2, 0.25) is 0 Å². The summed E-state index contributed by atoms with van der Waals surface area (Å²) in [5.41, 5.74) is 0. The molecule has 1 heterocycles. The van der Waals surface area contributed by atoms with E-state index in [-0.39, 0.29) is 0 Å². The van der Waals surface area contributed by atoms with Crippen LogP contribution < -0.4 is 5.32 Å². The summed E-state index contributed by atoms with van der Waals surface area (Å²) in [6, 6.07) is 0.320. The molecule has 12 heavy (non-hydrogen) atoms. The largest absolute Gasteiger partial charge is 0.317 e. The Balaban J connectivity index is 2.58. The SMILES string of the molecule is CNC(C)C1CCCS(=O)(=O)C1. The smallest absolute Gasteiger partial charge is 0.150 e. The van der Waals surface area contributed by atoms with Crippen LogP contribution in [0.2, 0.25) is 0 Å². The molecule has 3 nitrogen and oxygen atoms in total. The van der Waals surface area contributed by atoms with Crippen LogP contribution in [0, 0.1) is 5.92 Å². The minimum Gasteiger partial charge on any atom is -0.317 e. The fourth-order valence-corrected chi connectivity index (χ4v) is 3.57. The van der Waals surface area contributed by atoms with Gasteiger partial charge in [0.1, 0.15) is 0 Å². The molecule has 1 N–H and O–H groups in total. The Bertz CT molecular complexity index is 235. The minimum absolute atomic E-state index is 0.314. The lowest BCUT2D eigenvalue weighted by molar-refractivity contribution is 0.385. The molecular formula is C8H17NO2S. The first kappa shape index (κ1) is 9.99. The van der Waals surface area contributed by atoms with Crippen LogP contribution in [0.4, 0.5) is 0 Å². The van der Waals surface area contributed by atoms with Gasteiger partial charge in [-0.2, -0.15) is 0 Å². The van der Waals surface area contributed by atoms with Crippen molar-refractivity contribution in [2.75, 3.05) is 18.6 Å². The Morgan fingerprint density at radius 1 is 1.50 bits per heavy atom. The average Bonchev–Trinajstić information content (AvgIpc) is 2.01. The normalized spacial score (nSPS) is 31.3. The van der Waals surface area contributed by atoms with E-state index in [2.05, 4.69) is 5.32 Å². The molecule has 0 amide bonds. The van der Waals surface area contributed by atoms with E-state index in [0.29, 0.717) is 23.5 Å². The predicted molar refractivity (Wildman–Crippen MR) is 49.9 cm³/mol. The predicted octanol–water partition coefficient (Wildman–Crippen LogP) is 0.419. The quantitative estimate of drug-likeness (QED) is 0.688. The zero-order chi connectivity index (χ0) is 9.19. The summed E-state index contributed by atoms with van der Waals surface area (Å²) in [6.45, 7) is 2.05. The monoisotopic (exact) mass is 191 g/mol. The fraction of sp³-hybridized carbons (Fsp3) is 1.00. The number of rotatable bonds is 2. The van der Waals surface area contributed by atoms with Gasteiger partial charge in [-0.05, 0) is 32.7 Å². The Morgan fingerprint density at radius 2 is 2.17 bits per heavy atom. The summed E-state index contributed by atoms with van der Waals surface area (Å²) >= 11 is 0. The van der Waals surface area contributed by atoms with E-state index < -0.39 is 9.84 Å². The van der Waals surface area contributed by atoms with E-state index in [1.165, 1.54) is 0 Å². The first-order valence-corrected chi connectivity index (χ1v) is 6.25. The van der Waals surface area contributed by atoms with Crippen LogP contribution in [-0.2, 0) is 9.84 Å². The second kappa shape index (κ2) is 3.75. The van der Waals surface area contributed by atoms with Crippen molar-refractivity contribution in [3.8, 4) is 0 Å². The topological polar surface area (TPSA) is 46.2 Å². The van der Waals surface area contributed by atoms with Crippen molar-refractivity contribution in [1.29, 1.82) is 0 Å². The molecule has 2 atom stereocenters. The minimum atomic E-state index is -2.73. The van der Waals surface area contributed by atoms with Crippen molar-refractivity contribution in [2.24, 2.45) is 5.92 Å². The number of hydrogen-bond acceptors (Lipinski definition) is 3. The molecule has 1 saturated heterocycles. The van der Waals surface area contributed by atoms with E-state index in [9.17, 15) is 8.42 Å². The highest BCUT2D eigenvalue weighted by molar-refractivity contribution is 7.91. The molecular weight excluding hydrogens is 174 g/mol. The summed E-state index contributed by atoms with van der Waals surface area (Å²) < 4.78 is 22.5. The van der Waals surface area contributed by atoms with Crippen LogP contribution in [0.5, 0.6) is 0 Å². The molecule has 2 unspecified atom stereocenters. The summed E-state index contributed by atoms with van der Waals surface area (Å²) in [4.78, 5) is 0. The van der Waals surface area contributed by atoms with Gasteiger partial charge in [0.25, 0.3) is 0 Å². The van der Waals surface area contributed by atoms with Crippen molar-refractivity contribution in [1.82, 2.24) is 5.32 Å². The molecule has 72 valence electrons. The maximum Gasteiger partial charge on any atom is 0.150 e. The van der Waals surface area contributed by atoms with Gasteiger partial charge in [-0.25, -0.2) is 8.42 Å². The maximum absolute atomic E-state index is 11.3. The molecule has 0 aromatic carbocycles. The standard InChI is InChI=1S/C8H17NO2S/c1-7(9-2)8-4-3-5-12(10,11)6-8/h7-9H,3-6H2,1-2H3. The molecule has 0 spiro atoms. The number of sulfone groups is 1. The highest BCUT2D eigenvalue weighted by atomic mass is 32.2. The molecule has 4 heteroatoms. The lowest BCUT2D eigenvalue weighted by Crippen LogP contribution is -2.38. The van der Waals surface area contributed by atoms with Gasteiger partial charge >= 0.3 is 0 Å². The van der Waals surface area contributed by atoms with Crippen molar-refractivity contribution >= 4 is 9.84 Å². The molecule has 0 saturated carbocycles. The first-order valence-electron chi connectivity index (χ1n) is 4.43. The van der Waals surface area contributed by atoms with Crippen molar-refractivity contribution in [2.45, 2.75) is 25.8 Å². The Morgan fingerprint density at radius 3 is 2.67 bits per heavy atom. The van der Waals surface area contributed by atoms with Gasteiger partial charge in [-0.3, -0.25) is 0 Å². The van der Waals surface area contributed by atoms with Gasteiger partial charge in [-0.15, -0.1) is 0 Å². The van der Waals surface area contributed by atoms with Crippen molar-refractivity contribution < 1.29 is 8.42 Å². The van der Waals surface area contributed by atoms with Crippen molar-refractivity contribution in [3.05, 3.63) is 0 Å². The summed E-state index contributed by atoms with van der Waals surface area (Å²) in [5, 5.41) is 3.11. The molecule has 0 aromatic rings. The van der Waals surface area contributed by atoms with E-state index in [4.69, 9.17) is 0 Å². The first-order chi connectivity index (χ1) is 5.55. The maximum atomic E-state index is 11.3. The van der Waals surface area contributed by atoms with Crippen LogP contribution in [0.15, 0.2) is 0 Å². The van der Waals surface area contributed by atoms with E-state index in [0.717, 1.165) is 12.8 Å². The fourth-order valence-electron chi connectivity index (χ4n) is 1.69. The average molecular weight is 191 g/mol. The third kappa shape index (κ3) is 2.45. The summed E-state index contributed by atoms with van der Waals surface area (Å²) in [5.74, 6) is 1.07. The Labute approximate surface area is 74.5 Å². The second-order valence-corrected chi connectivity index (χ2v) is 5.82. The molecule has 0 aromatic heterocycles. The second-order valence-electron chi connectivity index (χ2n) is 3.59. The number of nitrogens with one attached hydrogen (secondary N) is 1. The Hall–Kier alpha value is -0.0900. The van der Waals surface area contributed by atoms with Gasteiger partial charge in [-0.1, -0.05) is 0 Å². The molecule has 1 aliphatic heterocycles. The molecule has 0 bridgehead atoms. The van der Waals surface area contributed by atoms with Crippen molar-refractivity contribution in [3.63, 3.8) is 0 Å². The zero-order valence-electron chi connectivity index (χ0n) is 7.71. The van der Waals surface area contributed by atoms with Crippen LogP contribution in [0.1, 0.15) is 19.8 Å². The highest BCUT2D eigenvalue weighted by Gasteiger charge is 2.27. The molecule has 1 rings (SSSR count). The van der Waals surface area contributed by atoms with Crippen LogP contribution >= 0.6 is 0 Å². The lowest BCUT2D eigenvalue weighted by atomic mass is 9.98. The van der Waals surface area contributed by atoms with E-state index in [1.807, 2.05) is 14.0 Å². The summed E-state index contributed by atoms with van der Waals surface area (Å²) in [7, 11) is -0.846. The van der Waals surface area contributed by atoms with Gasteiger partial charge in [0.05, 0.1) is 11.5 Å². The van der Waals surface area contributed by atoms with Crippen LogP contribution in [-0.4, -0.2) is 33.0 Å². The third-order valence-electron chi connectivity index (χ3n) is 2.66. The van der Waals surface area contributed by atoms with E-state index >= 15 is 0 Å². The van der Waals surface area contributed by atoms with Gasteiger partial charge in [0.15, 0.2) is 9.84 Å². The highest BCUT2D eigenvalue weighted by Crippen LogP contribution is 2.20. The Kier molecular flexibility index (Phi) is 3.12. The van der Waals surface area contributed by atoms with E-state index in [1.54, 1.807) is 0 Å². The van der Waals surface area contributed by atoms with Crippen LogP contribution in [0.3, 0.4) is 0 Å².